The standard InChI is InChI=1S/C19H12N4O2S/c20-12-14-8-10-22-19-17(14)11-18(15-5-4-9-21-13-15)23(19)26(24,25)16-6-2-1-3-7-16/h1-11,13H. The monoisotopic (exact) mass is 360 g/mol. The molecule has 4 rings (SSSR count). The van der Waals surface area contributed by atoms with Gasteiger partial charge in [0.05, 0.1) is 22.2 Å². The van der Waals surface area contributed by atoms with Gasteiger partial charge in [0.1, 0.15) is 0 Å². The van der Waals surface area contributed by atoms with Crippen LogP contribution in [0.15, 0.2) is 78.1 Å². The summed E-state index contributed by atoms with van der Waals surface area (Å²) in [6.07, 6.45) is 4.63. The van der Waals surface area contributed by atoms with E-state index in [9.17, 15) is 13.7 Å². The Balaban J connectivity index is 2.13. The highest BCUT2D eigenvalue weighted by Crippen LogP contribution is 2.32. The molecule has 7 heteroatoms. The lowest BCUT2D eigenvalue weighted by atomic mass is 10.1. The van der Waals surface area contributed by atoms with Gasteiger partial charge in [0.15, 0.2) is 5.65 Å². The minimum absolute atomic E-state index is 0.145. The molecule has 0 radical (unpaired) electrons. The summed E-state index contributed by atoms with van der Waals surface area (Å²) in [4.78, 5) is 8.46. The van der Waals surface area contributed by atoms with Gasteiger partial charge in [-0.3, -0.25) is 4.98 Å². The molecule has 0 N–H and O–H groups in total. The number of rotatable bonds is 3. The number of hydrogen-bond acceptors (Lipinski definition) is 5. The summed E-state index contributed by atoms with van der Waals surface area (Å²) in [5.41, 5.74) is 1.61. The molecule has 0 unspecified atom stereocenters. The smallest absolute Gasteiger partial charge is 0.264 e. The predicted molar refractivity (Wildman–Crippen MR) is 96.7 cm³/mol. The van der Waals surface area contributed by atoms with Crippen molar-refractivity contribution >= 4 is 21.1 Å². The Labute approximate surface area is 150 Å². The van der Waals surface area contributed by atoms with Crippen molar-refractivity contribution in [1.82, 2.24) is 13.9 Å². The molecule has 0 aliphatic rings. The highest BCUT2D eigenvalue weighted by molar-refractivity contribution is 7.90. The summed E-state index contributed by atoms with van der Waals surface area (Å²) in [5, 5.41) is 9.86. The third-order valence-corrected chi connectivity index (χ3v) is 5.74. The molecule has 0 saturated carbocycles. The molecule has 0 fully saturated rings. The number of pyridine rings is 2. The molecular formula is C19H12N4O2S. The number of fused-ring (bicyclic) bond motifs is 1. The fraction of sp³-hybridized carbons (Fsp3) is 0. The number of hydrogen-bond donors (Lipinski definition) is 0. The van der Waals surface area contributed by atoms with E-state index >= 15 is 0 Å². The molecule has 4 aromatic rings. The first-order valence-electron chi connectivity index (χ1n) is 7.74. The molecule has 3 aromatic heterocycles. The Morgan fingerprint density at radius 1 is 1.00 bits per heavy atom. The van der Waals surface area contributed by atoms with Gasteiger partial charge < -0.3 is 0 Å². The van der Waals surface area contributed by atoms with Gasteiger partial charge in [0, 0.05) is 29.5 Å². The van der Waals surface area contributed by atoms with Crippen LogP contribution in [-0.2, 0) is 10.0 Å². The Bertz CT molecular complexity index is 1240. The number of nitriles is 1. The first kappa shape index (κ1) is 16.0. The van der Waals surface area contributed by atoms with Crippen LogP contribution in [0, 0.1) is 11.3 Å². The zero-order valence-corrected chi connectivity index (χ0v) is 14.3. The van der Waals surface area contributed by atoms with E-state index in [0.29, 0.717) is 22.2 Å². The quantitative estimate of drug-likeness (QED) is 0.560. The Morgan fingerprint density at radius 2 is 1.81 bits per heavy atom. The van der Waals surface area contributed by atoms with E-state index < -0.39 is 10.0 Å². The molecule has 0 bridgehead atoms. The van der Waals surface area contributed by atoms with Gasteiger partial charge >= 0.3 is 0 Å². The highest BCUT2D eigenvalue weighted by atomic mass is 32.2. The van der Waals surface area contributed by atoms with E-state index in [1.54, 1.807) is 54.9 Å². The molecule has 126 valence electrons. The summed E-state index contributed by atoms with van der Waals surface area (Å²) >= 11 is 0. The summed E-state index contributed by atoms with van der Waals surface area (Å²) < 4.78 is 27.8. The SMILES string of the molecule is N#Cc1ccnc2c1cc(-c1cccnc1)n2S(=O)(=O)c1ccccc1. The van der Waals surface area contributed by atoms with E-state index in [4.69, 9.17) is 0 Å². The van der Waals surface area contributed by atoms with Gasteiger partial charge in [-0.15, -0.1) is 0 Å². The van der Waals surface area contributed by atoms with Gasteiger partial charge in [-0.05, 0) is 36.4 Å². The van der Waals surface area contributed by atoms with Gasteiger partial charge in [0.2, 0.25) is 0 Å². The second kappa shape index (κ2) is 6.10. The first-order valence-corrected chi connectivity index (χ1v) is 9.18. The topological polar surface area (TPSA) is 88.6 Å². The van der Waals surface area contributed by atoms with Crippen molar-refractivity contribution in [3.8, 4) is 17.3 Å². The van der Waals surface area contributed by atoms with Gasteiger partial charge in [-0.2, -0.15) is 5.26 Å². The lowest BCUT2D eigenvalue weighted by Crippen LogP contribution is -2.14. The Hall–Kier alpha value is -3.50. The second-order valence-corrected chi connectivity index (χ2v) is 7.35. The summed E-state index contributed by atoms with van der Waals surface area (Å²) in [6, 6.07) is 17.0. The van der Waals surface area contributed by atoms with Crippen molar-refractivity contribution in [3.63, 3.8) is 0 Å². The zero-order valence-electron chi connectivity index (χ0n) is 13.4. The van der Waals surface area contributed by atoms with Crippen LogP contribution in [0.2, 0.25) is 0 Å². The van der Waals surface area contributed by atoms with Crippen LogP contribution in [0.25, 0.3) is 22.3 Å². The van der Waals surface area contributed by atoms with Crippen LogP contribution in [0.1, 0.15) is 5.56 Å². The average Bonchev–Trinajstić information content (AvgIpc) is 3.10. The summed E-state index contributed by atoms with van der Waals surface area (Å²) in [5.74, 6) is 0. The van der Waals surface area contributed by atoms with Crippen LogP contribution in [0.5, 0.6) is 0 Å². The molecule has 0 amide bonds. The lowest BCUT2D eigenvalue weighted by molar-refractivity contribution is 0.589. The average molecular weight is 360 g/mol. The molecule has 26 heavy (non-hydrogen) atoms. The minimum Gasteiger partial charge on any atom is -0.264 e. The van der Waals surface area contributed by atoms with Crippen LogP contribution in [0.4, 0.5) is 0 Å². The second-order valence-electron chi connectivity index (χ2n) is 5.56. The normalized spacial score (nSPS) is 11.3. The van der Waals surface area contributed by atoms with Gasteiger partial charge in [0.25, 0.3) is 10.0 Å². The van der Waals surface area contributed by atoms with E-state index in [1.165, 1.54) is 22.3 Å². The fourth-order valence-electron chi connectivity index (χ4n) is 2.83. The van der Waals surface area contributed by atoms with Crippen molar-refractivity contribution < 1.29 is 8.42 Å². The lowest BCUT2D eigenvalue weighted by Gasteiger charge is -2.11. The summed E-state index contributed by atoms with van der Waals surface area (Å²) in [7, 11) is -3.91. The largest absolute Gasteiger partial charge is 0.269 e. The number of aromatic nitrogens is 3. The third kappa shape index (κ3) is 2.44. The van der Waals surface area contributed by atoms with Crippen molar-refractivity contribution in [3.05, 3.63) is 78.8 Å². The molecule has 0 aliphatic carbocycles. The number of nitrogens with zero attached hydrogens (tertiary/aromatic N) is 4. The van der Waals surface area contributed by atoms with Crippen LogP contribution in [-0.4, -0.2) is 22.4 Å². The third-order valence-electron chi connectivity index (χ3n) is 4.02. The van der Waals surface area contributed by atoms with E-state index in [0.717, 1.165) is 0 Å². The Morgan fingerprint density at radius 3 is 2.50 bits per heavy atom. The van der Waals surface area contributed by atoms with Crippen LogP contribution < -0.4 is 0 Å². The maximum Gasteiger partial charge on any atom is 0.269 e. The number of benzene rings is 1. The van der Waals surface area contributed by atoms with Crippen molar-refractivity contribution in [2.75, 3.05) is 0 Å². The highest BCUT2D eigenvalue weighted by Gasteiger charge is 2.25. The van der Waals surface area contributed by atoms with Crippen LogP contribution >= 0.6 is 0 Å². The van der Waals surface area contributed by atoms with Crippen molar-refractivity contribution in [2.45, 2.75) is 4.90 Å². The summed E-state index contributed by atoms with van der Waals surface area (Å²) in [6.45, 7) is 0. The first-order chi connectivity index (χ1) is 12.6. The van der Waals surface area contributed by atoms with Crippen LogP contribution in [0.3, 0.4) is 0 Å². The molecule has 6 nitrogen and oxygen atoms in total. The van der Waals surface area contributed by atoms with E-state index in [2.05, 4.69) is 16.0 Å². The minimum atomic E-state index is -3.91. The van der Waals surface area contributed by atoms with Crippen molar-refractivity contribution in [2.24, 2.45) is 0 Å². The predicted octanol–water partition coefficient (Wildman–Crippen LogP) is 3.21. The van der Waals surface area contributed by atoms with Gasteiger partial charge in [-0.1, -0.05) is 18.2 Å². The molecular weight excluding hydrogens is 348 g/mol. The Kier molecular flexibility index (Phi) is 3.75. The molecule has 0 aliphatic heterocycles. The molecule has 0 atom stereocenters. The molecule has 1 aromatic carbocycles. The zero-order chi connectivity index (χ0) is 18.1. The van der Waals surface area contributed by atoms with Gasteiger partial charge in [-0.25, -0.2) is 17.4 Å². The van der Waals surface area contributed by atoms with Crippen molar-refractivity contribution in [1.29, 1.82) is 5.26 Å². The molecule has 3 heterocycles. The maximum absolute atomic E-state index is 13.3. The molecule has 0 spiro atoms. The maximum atomic E-state index is 13.3. The molecule has 0 saturated heterocycles. The van der Waals surface area contributed by atoms with E-state index in [1.807, 2.05) is 0 Å². The fourth-order valence-corrected chi connectivity index (χ4v) is 4.33. The van der Waals surface area contributed by atoms with E-state index in [-0.39, 0.29) is 10.5 Å².